The molecule has 0 spiro atoms. The molecule has 2 rings (SSSR count). The normalized spacial score (nSPS) is 22.1. The van der Waals surface area contributed by atoms with Crippen LogP contribution in [0, 0.1) is 10.8 Å². The Balaban J connectivity index is 2.01. The van der Waals surface area contributed by atoms with Gasteiger partial charge in [0.2, 0.25) is 0 Å². The molecule has 0 saturated heterocycles. The highest BCUT2D eigenvalue weighted by Crippen LogP contribution is 2.41. The van der Waals surface area contributed by atoms with E-state index in [4.69, 9.17) is 9.84 Å². The average Bonchev–Trinajstić information content (AvgIpc) is 3.06. The fraction of sp³-hybridized carbons (Fsp3) is 0.370. The van der Waals surface area contributed by atoms with E-state index in [-0.39, 0.29) is 17.6 Å². The second-order valence-electron chi connectivity index (χ2n) is 15.4. The van der Waals surface area contributed by atoms with Gasteiger partial charge in [0.15, 0.2) is 17.7 Å². The molecule has 0 aliphatic heterocycles. The molecule has 55 heavy (non-hydrogen) atoms. The number of ketones is 2. The van der Waals surface area contributed by atoms with Gasteiger partial charge in [0.1, 0.15) is 6.10 Å². The molecule has 2 atom stereocenters. The number of ether oxygens (including phenoxy) is 1. The van der Waals surface area contributed by atoms with Gasteiger partial charge in [-0.05, 0) is 81.1 Å². The van der Waals surface area contributed by atoms with Crippen LogP contribution < -0.4 is 0 Å². The molecule has 294 valence electrons. The monoisotopic (exact) mass is 752 g/mol. The minimum Gasteiger partial charge on any atom is -0.481 e. The van der Waals surface area contributed by atoms with Crippen molar-refractivity contribution in [1.82, 2.24) is 0 Å². The Labute approximate surface area is 325 Å². The summed E-state index contributed by atoms with van der Waals surface area (Å²) in [6, 6.07) is 0. The van der Waals surface area contributed by atoms with Gasteiger partial charge in [-0.15, -0.1) is 0 Å². The Morgan fingerprint density at radius 3 is 1.55 bits per heavy atom. The van der Waals surface area contributed by atoms with E-state index in [1.165, 1.54) is 0 Å². The summed E-state index contributed by atoms with van der Waals surface area (Å²) < 4.78 is 5.29. The Morgan fingerprint density at radius 2 is 1.09 bits per heavy atom. The number of carboxylic acid groups (broad SMARTS) is 2. The van der Waals surface area contributed by atoms with Crippen molar-refractivity contribution in [2.75, 3.05) is 0 Å². The van der Waals surface area contributed by atoms with E-state index in [2.05, 4.69) is 0 Å². The number of aliphatic carboxylic acids is 2. The number of rotatable bonds is 15. The summed E-state index contributed by atoms with van der Waals surface area (Å²) in [5.74, 6) is -4.62. The SMILES string of the molecule is CC1=C(/C=C/C(C)=C/C=C/C(C)=C/C=C/C=C(C)/C=C/C=C(C)/C=C/C2=C(C)C(=O)C(OC(=O)/C=C(/CC(=O)O)C(=O)O)CC2(C)C)C(C)(C)CC(O)C1=O. The van der Waals surface area contributed by atoms with Crippen LogP contribution in [0.2, 0.25) is 0 Å². The van der Waals surface area contributed by atoms with Crippen molar-refractivity contribution in [2.24, 2.45) is 10.8 Å². The quantitative estimate of drug-likeness (QED) is 0.0845. The first-order valence-electron chi connectivity index (χ1n) is 18.2. The third kappa shape index (κ3) is 14.4. The maximum Gasteiger partial charge on any atom is 0.332 e. The summed E-state index contributed by atoms with van der Waals surface area (Å²) in [5.41, 5.74) is 5.47. The molecule has 9 nitrogen and oxygen atoms in total. The molecular weight excluding hydrogens is 696 g/mol. The molecule has 0 saturated carbocycles. The highest BCUT2D eigenvalue weighted by molar-refractivity contribution is 6.03. The van der Waals surface area contributed by atoms with Gasteiger partial charge in [0.05, 0.1) is 12.0 Å². The number of aliphatic hydroxyl groups is 1. The summed E-state index contributed by atoms with van der Waals surface area (Å²) >= 11 is 0. The first-order chi connectivity index (χ1) is 25.5. The number of esters is 1. The van der Waals surface area contributed by atoms with Crippen LogP contribution in [0.25, 0.3) is 0 Å². The molecule has 0 aromatic rings. The van der Waals surface area contributed by atoms with Crippen molar-refractivity contribution in [1.29, 1.82) is 0 Å². The van der Waals surface area contributed by atoms with Crippen LogP contribution in [0.5, 0.6) is 0 Å². The second-order valence-corrected chi connectivity index (χ2v) is 15.4. The predicted octanol–water partition coefficient (Wildman–Crippen LogP) is 8.94. The smallest absolute Gasteiger partial charge is 0.332 e. The van der Waals surface area contributed by atoms with Gasteiger partial charge in [-0.3, -0.25) is 14.4 Å². The number of hydrogen-bond donors (Lipinski definition) is 3. The summed E-state index contributed by atoms with van der Waals surface area (Å²) in [6.45, 7) is 19.3. The molecule has 9 heteroatoms. The minimum atomic E-state index is -1.55. The van der Waals surface area contributed by atoms with E-state index < -0.39 is 53.3 Å². The largest absolute Gasteiger partial charge is 0.481 e. The highest BCUT2D eigenvalue weighted by atomic mass is 16.5. The van der Waals surface area contributed by atoms with Crippen molar-refractivity contribution >= 4 is 29.5 Å². The Morgan fingerprint density at radius 1 is 0.673 bits per heavy atom. The predicted molar refractivity (Wildman–Crippen MR) is 217 cm³/mol. The molecule has 2 unspecified atom stereocenters. The van der Waals surface area contributed by atoms with E-state index in [9.17, 15) is 34.2 Å². The first-order valence-corrected chi connectivity index (χ1v) is 18.2. The van der Waals surface area contributed by atoms with Gasteiger partial charge in [-0.1, -0.05) is 135 Å². The lowest BCUT2D eigenvalue weighted by atomic mass is 9.71. The second kappa shape index (κ2) is 20.3. The molecule has 0 fully saturated rings. The highest BCUT2D eigenvalue weighted by Gasteiger charge is 2.40. The van der Waals surface area contributed by atoms with E-state index in [0.717, 1.165) is 33.4 Å². The minimum absolute atomic E-state index is 0.179. The zero-order chi connectivity index (χ0) is 41.7. The molecule has 0 aromatic carbocycles. The van der Waals surface area contributed by atoms with Gasteiger partial charge in [0, 0.05) is 12.5 Å². The van der Waals surface area contributed by atoms with Gasteiger partial charge in [-0.2, -0.15) is 0 Å². The van der Waals surface area contributed by atoms with Crippen molar-refractivity contribution in [3.05, 3.63) is 141 Å². The third-order valence-corrected chi connectivity index (χ3v) is 9.46. The van der Waals surface area contributed by atoms with Crippen molar-refractivity contribution in [3.8, 4) is 0 Å². The fourth-order valence-electron chi connectivity index (χ4n) is 6.36. The zero-order valence-corrected chi connectivity index (χ0v) is 33.7. The van der Waals surface area contributed by atoms with E-state index in [0.29, 0.717) is 23.6 Å². The third-order valence-electron chi connectivity index (χ3n) is 9.46. The van der Waals surface area contributed by atoms with E-state index in [1.807, 2.05) is 140 Å². The Hall–Kier alpha value is -5.41. The van der Waals surface area contributed by atoms with Gasteiger partial charge < -0.3 is 20.1 Å². The van der Waals surface area contributed by atoms with Crippen LogP contribution >= 0.6 is 0 Å². The van der Waals surface area contributed by atoms with Crippen LogP contribution in [0.1, 0.15) is 88.5 Å². The zero-order valence-electron chi connectivity index (χ0n) is 33.7. The molecule has 2 aliphatic carbocycles. The number of Topliss-reactive ketones (excluding diaryl/α,β-unsaturated/α-hetero) is 2. The number of allylic oxidation sites excluding steroid dienone is 20. The Kier molecular flexibility index (Phi) is 16.9. The molecule has 0 bridgehead atoms. The van der Waals surface area contributed by atoms with Crippen molar-refractivity contribution in [2.45, 2.75) is 101 Å². The van der Waals surface area contributed by atoms with Crippen LogP contribution in [0.4, 0.5) is 0 Å². The molecule has 0 heterocycles. The van der Waals surface area contributed by atoms with Gasteiger partial charge in [-0.25, -0.2) is 9.59 Å². The standard InChI is InChI=1S/C46H56O9/c1-29(17-13-19-31(3)21-23-36-33(5)42(51)38(47)27-45(36,7)8)15-11-12-16-30(2)18-14-20-32(4)22-24-37-34(6)43(52)39(28-46(37,9)10)55-41(50)26-35(44(53)54)25-40(48)49/h11-24,26,38-39,47H,25,27-28H2,1-10H3,(H,48,49)(H,53,54)/b12-11+,17-13+,18-14+,23-21+,24-22+,29-15+,30-16+,31-19+,32-20+,35-26-. The van der Waals surface area contributed by atoms with Crippen LogP contribution in [0.3, 0.4) is 0 Å². The van der Waals surface area contributed by atoms with Crippen LogP contribution in [-0.4, -0.2) is 57.0 Å². The number of carboxylic acids is 2. The fourth-order valence-corrected chi connectivity index (χ4v) is 6.36. The molecular formula is C46H56O9. The lowest BCUT2D eigenvalue weighted by Gasteiger charge is -2.36. The molecule has 0 amide bonds. The number of carbonyl (C=O) groups is 5. The lowest BCUT2D eigenvalue weighted by molar-refractivity contribution is -0.151. The summed E-state index contributed by atoms with van der Waals surface area (Å²) in [6.07, 6.45) is 25.9. The lowest BCUT2D eigenvalue weighted by Crippen LogP contribution is -2.38. The number of carbonyl (C=O) groups excluding carboxylic acids is 3. The van der Waals surface area contributed by atoms with Crippen molar-refractivity contribution in [3.63, 3.8) is 0 Å². The van der Waals surface area contributed by atoms with Crippen LogP contribution in [-0.2, 0) is 28.7 Å². The van der Waals surface area contributed by atoms with Gasteiger partial charge >= 0.3 is 17.9 Å². The van der Waals surface area contributed by atoms with E-state index >= 15 is 0 Å². The number of aliphatic hydroxyl groups excluding tert-OH is 1. The first kappa shape index (κ1) is 45.7. The molecule has 2 aliphatic rings. The Bertz CT molecular complexity index is 1920. The van der Waals surface area contributed by atoms with Crippen molar-refractivity contribution < 1.29 is 44.0 Å². The molecule has 3 N–H and O–H groups in total. The number of hydrogen-bond acceptors (Lipinski definition) is 7. The summed E-state index contributed by atoms with van der Waals surface area (Å²) in [5, 5.41) is 28.1. The maximum absolute atomic E-state index is 13.1. The molecule has 0 aromatic heterocycles. The topological polar surface area (TPSA) is 155 Å². The average molecular weight is 753 g/mol. The summed E-state index contributed by atoms with van der Waals surface area (Å²) in [7, 11) is 0. The van der Waals surface area contributed by atoms with Crippen LogP contribution in [0.15, 0.2) is 141 Å². The molecule has 0 radical (unpaired) electrons. The summed E-state index contributed by atoms with van der Waals surface area (Å²) in [4.78, 5) is 60.0. The maximum atomic E-state index is 13.1. The van der Waals surface area contributed by atoms with Gasteiger partial charge in [0.25, 0.3) is 0 Å². The van der Waals surface area contributed by atoms with E-state index in [1.54, 1.807) is 13.8 Å².